The molecule has 0 bridgehead atoms. The van der Waals surface area contributed by atoms with E-state index in [9.17, 15) is 8.60 Å². The maximum Gasteiger partial charge on any atom is 0.315 e. The molecule has 2 aromatic carbocycles. The molecule has 5 nitrogen and oxygen atoms in total. The van der Waals surface area contributed by atoms with Gasteiger partial charge in [-0.15, -0.1) is 5.10 Å². The summed E-state index contributed by atoms with van der Waals surface area (Å²) >= 11 is 0. The van der Waals surface area contributed by atoms with Gasteiger partial charge < -0.3 is 9.73 Å². The Hall–Kier alpha value is -2.54. The molecule has 1 atom stereocenters. The first-order chi connectivity index (χ1) is 11.6. The summed E-state index contributed by atoms with van der Waals surface area (Å²) in [6, 6.07) is 14.2. The molecule has 24 heavy (non-hydrogen) atoms. The molecule has 0 saturated heterocycles. The minimum absolute atomic E-state index is 0.248. The SMILES string of the molecule is CS(=O)c1ccc(CNc2nnc(Cc3ccccc3F)o2)cc1. The van der Waals surface area contributed by atoms with E-state index in [2.05, 4.69) is 15.5 Å². The van der Waals surface area contributed by atoms with E-state index in [4.69, 9.17) is 4.42 Å². The summed E-state index contributed by atoms with van der Waals surface area (Å²) < 4.78 is 30.4. The number of nitrogens with one attached hydrogen (secondary N) is 1. The number of nitrogens with zero attached hydrogens (tertiary/aromatic N) is 2. The summed E-state index contributed by atoms with van der Waals surface area (Å²) in [5, 5.41) is 10.8. The van der Waals surface area contributed by atoms with Crippen molar-refractivity contribution in [1.82, 2.24) is 10.2 Å². The third kappa shape index (κ3) is 4.05. The summed E-state index contributed by atoms with van der Waals surface area (Å²) in [5.41, 5.74) is 1.51. The van der Waals surface area contributed by atoms with Crippen molar-refractivity contribution in [3.05, 3.63) is 71.4 Å². The average molecular weight is 345 g/mol. The van der Waals surface area contributed by atoms with Gasteiger partial charge in [-0.2, -0.15) is 0 Å². The van der Waals surface area contributed by atoms with Crippen LogP contribution in [0.3, 0.4) is 0 Å². The highest BCUT2D eigenvalue weighted by Gasteiger charge is 2.09. The maximum absolute atomic E-state index is 13.6. The standard InChI is InChI=1S/C17H16FN3O2S/c1-24(22)14-8-6-12(7-9-14)11-19-17-21-20-16(23-17)10-13-4-2-3-5-15(13)18/h2-9H,10-11H2,1H3,(H,19,21). The largest absolute Gasteiger partial charge is 0.408 e. The molecule has 0 spiro atoms. The summed E-state index contributed by atoms with van der Waals surface area (Å²) in [5.74, 6) is 0.0536. The number of halogens is 1. The van der Waals surface area contributed by atoms with Gasteiger partial charge in [0.05, 0.1) is 6.42 Å². The molecule has 3 aromatic rings. The van der Waals surface area contributed by atoms with Crippen LogP contribution in [0, 0.1) is 5.82 Å². The van der Waals surface area contributed by atoms with Crippen LogP contribution >= 0.6 is 0 Å². The highest BCUT2D eigenvalue weighted by Crippen LogP contribution is 2.15. The van der Waals surface area contributed by atoms with E-state index >= 15 is 0 Å². The third-order valence-electron chi connectivity index (χ3n) is 3.47. The fourth-order valence-corrected chi connectivity index (χ4v) is 2.70. The van der Waals surface area contributed by atoms with E-state index in [1.54, 1.807) is 24.5 Å². The molecule has 0 aliphatic carbocycles. The number of rotatable bonds is 6. The van der Waals surface area contributed by atoms with Crippen molar-refractivity contribution in [2.45, 2.75) is 17.9 Å². The van der Waals surface area contributed by atoms with Crippen molar-refractivity contribution in [2.75, 3.05) is 11.6 Å². The van der Waals surface area contributed by atoms with Gasteiger partial charge in [0.1, 0.15) is 5.82 Å². The lowest BCUT2D eigenvalue weighted by Gasteiger charge is -2.03. The van der Waals surface area contributed by atoms with Crippen LogP contribution in [0.1, 0.15) is 17.0 Å². The second-order valence-corrected chi connectivity index (χ2v) is 6.60. The van der Waals surface area contributed by atoms with Crippen molar-refractivity contribution >= 4 is 16.8 Å². The van der Waals surface area contributed by atoms with Crippen molar-refractivity contribution in [1.29, 1.82) is 0 Å². The zero-order chi connectivity index (χ0) is 16.9. The number of anilines is 1. The average Bonchev–Trinajstić information content (AvgIpc) is 3.03. The molecule has 3 rings (SSSR count). The lowest BCUT2D eigenvalue weighted by molar-refractivity contribution is 0.510. The van der Waals surface area contributed by atoms with Crippen LogP contribution in [0.25, 0.3) is 0 Å². The Labute approximate surface area is 141 Å². The molecular weight excluding hydrogens is 329 g/mol. The Morgan fingerprint density at radius 1 is 1.12 bits per heavy atom. The first-order valence-corrected chi connectivity index (χ1v) is 8.89. The van der Waals surface area contributed by atoms with E-state index < -0.39 is 10.8 Å². The Kier molecular flexibility index (Phi) is 5.00. The van der Waals surface area contributed by atoms with Gasteiger partial charge in [0.2, 0.25) is 5.89 Å². The minimum atomic E-state index is -0.987. The Bertz CT molecular complexity index is 849. The fraction of sp³-hybridized carbons (Fsp3) is 0.176. The number of hydrogen-bond donors (Lipinski definition) is 1. The smallest absolute Gasteiger partial charge is 0.315 e. The van der Waals surface area contributed by atoms with Crippen molar-refractivity contribution < 1.29 is 13.0 Å². The maximum atomic E-state index is 13.6. The van der Waals surface area contributed by atoms with Gasteiger partial charge in [-0.1, -0.05) is 35.4 Å². The van der Waals surface area contributed by atoms with Gasteiger partial charge >= 0.3 is 6.01 Å². The lowest BCUT2D eigenvalue weighted by atomic mass is 10.1. The predicted molar refractivity (Wildman–Crippen MR) is 89.6 cm³/mol. The van der Waals surface area contributed by atoms with E-state index in [1.807, 2.05) is 24.3 Å². The Balaban J connectivity index is 1.60. The van der Waals surface area contributed by atoms with Crippen molar-refractivity contribution in [3.63, 3.8) is 0 Å². The van der Waals surface area contributed by atoms with E-state index in [1.165, 1.54) is 6.07 Å². The molecule has 1 aromatic heterocycles. The van der Waals surface area contributed by atoms with E-state index in [0.717, 1.165) is 10.5 Å². The third-order valence-corrected chi connectivity index (χ3v) is 4.40. The monoisotopic (exact) mass is 345 g/mol. The summed E-state index contributed by atoms with van der Waals surface area (Å²) in [6.45, 7) is 0.498. The molecule has 0 aliphatic rings. The molecule has 7 heteroatoms. The number of benzene rings is 2. The molecule has 0 fully saturated rings. The second kappa shape index (κ2) is 7.35. The Morgan fingerprint density at radius 3 is 2.58 bits per heavy atom. The van der Waals surface area contributed by atoms with Gasteiger partial charge in [0.15, 0.2) is 0 Å². The van der Waals surface area contributed by atoms with E-state index in [0.29, 0.717) is 18.0 Å². The fourth-order valence-electron chi connectivity index (χ4n) is 2.18. The second-order valence-electron chi connectivity index (χ2n) is 5.22. The zero-order valence-corrected chi connectivity index (χ0v) is 13.8. The van der Waals surface area contributed by atoms with Crippen molar-refractivity contribution in [3.8, 4) is 0 Å². The molecule has 0 saturated carbocycles. The highest BCUT2D eigenvalue weighted by atomic mass is 32.2. The molecule has 1 heterocycles. The zero-order valence-electron chi connectivity index (χ0n) is 13.0. The summed E-state index contributed by atoms with van der Waals surface area (Å²) in [6.07, 6.45) is 1.89. The Morgan fingerprint density at radius 2 is 1.88 bits per heavy atom. The van der Waals surface area contributed by atoms with Gasteiger partial charge in [0.25, 0.3) is 0 Å². The molecule has 124 valence electrons. The normalized spacial score (nSPS) is 12.1. The van der Waals surface area contributed by atoms with Gasteiger partial charge in [-0.05, 0) is 29.3 Å². The lowest BCUT2D eigenvalue weighted by Crippen LogP contribution is -2.00. The molecule has 0 aliphatic heterocycles. The van der Waals surface area contributed by atoms with Crippen LogP contribution in [0.5, 0.6) is 0 Å². The van der Waals surface area contributed by atoms with Crippen LogP contribution < -0.4 is 5.32 Å². The quantitative estimate of drug-likeness (QED) is 0.743. The predicted octanol–water partition coefficient (Wildman–Crippen LogP) is 3.15. The van der Waals surface area contributed by atoms with Crippen LogP contribution in [-0.2, 0) is 23.8 Å². The minimum Gasteiger partial charge on any atom is -0.408 e. The molecule has 1 unspecified atom stereocenters. The molecule has 0 radical (unpaired) electrons. The molecule has 0 amide bonds. The molecule has 1 N–H and O–H groups in total. The van der Waals surface area contributed by atoms with Crippen LogP contribution in [0.15, 0.2) is 57.8 Å². The highest BCUT2D eigenvalue weighted by molar-refractivity contribution is 7.84. The summed E-state index contributed by atoms with van der Waals surface area (Å²) in [7, 11) is -0.987. The first-order valence-electron chi connectivity index (χ1n) is 7.34. The van der Waals surface area contributed by atoms with Crippen LogP contribution in [0.4, 0.5) is 10.4 Å². The van der Waals surface area contributed by atoms with Gasteiger partial charge in [-0.25, -0.2) is 4.39 Å². The van der Waals surface area contributed by atoms with E-state index in [-0.39, 0.29) is 18.3 Å². The first kappa shape index (κ1) is 16.3. The molecular formula is C17H16FN3O2S. The number of hydrogen-bond acceptors (Lipinski definition) is 5. The number of aromatic nitrogens is 2. The van der Waals surface area contributed by atoms with Crippen molar-refractivity contribution in [2.24, 2.45) is 0 Å². The van der Waals surface area contributed by atoms with Gasteiger partial charge in [-0.3, -0.25) is 4.21 Å². The van der Waals surface area contributed by atoms with Crippen LogP contribution in [0.2, 0.25) is 0 Å². The van der Waals surface area contributed by atoms with Gasteiger partial charge in [0, 0.05) is 28.5 Å². The topological polar surface area (TPSA) is 68.0 Å². The summed E-state index contributed by atoms with van der Waals surface area (Å²) in [4.78, 5) is 0.781. The van der Waals surface area contributed by atoms with Crippen LogP contribution in [-0.4, -0.2) is 20.7 Å².